The number of rotatable bonds is 4. The number of nitrogens with zero attached hydrogens (tertiary/aromatic N) is 2. The molecule has 0 amide bonds. The van der Waals surface area contributed by atoms with Crippen LogP contribution in [-0.4, -0.2) is 18.1 Å². The average molecular weight is 265 g/mol. The zero-order valence-corrected chi connectivity index (χ0v) is 11.9. The van der Waals surface area contributed by atoms with Gasteiger partial charge in [-0.25, -0.2) is 9.37 Å². The fourth-order valence-corrected chi connectivity index (χ4v) is 3.06. The van der Waals surface area contributed by atoms with Crippen LogP contribution >= 0.6 is 0 Å². The monoisotopic (exact) mass is 265 g/mol. The van der Waals surface area contributed by atoms with Crippen LogP contribution in [0.3, 0.4) is 0 Å². The van der Waals surface area contributed by atoms with E-state index in [1.165, 1.54) is 44.4 Å². The lowest BCUT2D eigenvalue weighted by molar-refractivity contribution is 0.312. The molecule has 1 aromatic rings. The summed E-state index contributed by atoms with van der Waals surface area (Å²) in [4.78, 5) is 6.42. The van der Waals surface area contributed by atoms with Crippen LogP contribution in [0.4, 0.5) is 10.2 Å². The summed E-state index contributed by atoms with van der Waals surface area (Å²) in [6.45, 7) is 2.59. The van der Waals surface area contributed by atoms with Crippen molar-refractivity contribution < 1.29 is 4.39 Å². The summed E-state index contributed by atoms with van der Waals surface area (Å²) >= 11 is 0. The molecule has 106 valence electrons. The number of nitrogens with two attached hydrogens (primary N) is 1. The van der Waals surface area contributed by atoms with E-state index in [1.807, 2.05) is 0 Å². The van der Waals surface area contributed by atoms with Crippen molar-refractivity contribution in [2.75, 3.05) is 11.9 Å². The summed E-state index contributed by atoms with van der Waals surface area (Å²) < 4.78 is 13.2. The molecule has 0 unspecified atom stereocenters. The Labute approximate surface area is 115 Å². The summed E-state index contributed by atoms with van der Waals surface area (Å²) in [6, 6.07) is 2.00. The van der Waals surface area contributed by atoms with Gasteiger partial charge in [-0.3, -0.25) is 0 Å². The Morgan fingerprint density at radius 2 is 2.05 bits per heavy atom. The highest BCUT2D eigenvalue weighted by Crippen LogP contribution is 2.31. The molecule has 19 heavy (non-hydrogen) atoms. The van der Waals surface area contributed by atoms with Gasteiger partial charge in [0.25, 0.3) is 0 Å². The topological polar surface area (TPSA) is 42.2 Å². The van der Waals surface area contributed by atoms with E-state index >= 15 is 0 Å². The van der Waals surface area contributed by atoms with Crippen LogP contribution in [0.1, 0.15) is 44.6 Å². The molecule has 0 atom stereocenters. The predicted octanol–water partition coefficient (Wildman–Crippen LogP) is 3.08. The largest absolute Gasteiger partial charge is 0.356 e. The van der Waals surface area contributed by atoms with Crippen molar-refractivity contribution in [3.05, 3.63) is 23.6 Å². The van der Waals surface area contributed by atoms with Crippen molar-refractivity contribution in [1.29, 1.82) is 0 Å². The van der Waals surface area contributed by atoms with E-state index < -0.39 is 0 Å². The van der Waals surface area contributed by atoms with Crippen molar-refractivity contribution in [3.63, 3.8) is 0 Å². The molecule has 1 fully saturated rings. The molecule has 1 aliphatic rings. The van der Waals surface area contributed by atoms with E-state index in [9.17, 15) is 4.39 Å². The minimum Gasteiger partial charge on any atom is -0.356 e. The zero-order chi connectivity index (χ0) is 13.8. The number of hydrogen-bond donors (Lipinski definition) is 1. The molecule has 2 N–H and O–H groups in total. The predicted molar refractivity (Wildman–Crippen MR) is 76.5 cm³/mol. The maximum atomic E-state index is 13.2. The Hall–Kier alpha value is -1.16. The Morgan fingerprint density at radius 1 is 1.37 bits per heavy atom. The summed E-state index contributed by atoms with van der Waals surface area (Å²) in [5, 5.41) is 0. The Kier molecular flexibility index (Phi) is 4.75. The van der Waals surface area contributed by atoms with Gasteiger partial charge in [-0.2, -0.15) is 0 Å². The van der Waals surface area contributed by atoms with Gasteiger partial charge in [0.15, 0.2) is 0 Å². The number of pyridine rings is 1. The van der Waals surface area contributed by atoms with E-state index in [0.717, 1.165) is 17.3 Å². The molecular weight excluding hydrogens is 241 g/mol. The van der Waals surface area contributed by atoms with Crippen LogP contribution in [0.2, 0.25) is 0 Å². The molecule has 1 aliphatic carbocycles. The first-order valence-corrected chi connectivity index (χ1v) is 7.23. The minimum absolute atomic E-state index is 0.313. The van der Waals surface area contributed by atoms with Crippen LogP contribution in [0, 0.1) is 11.7 Å². The summed E-state index contributed by atoms with van der Waals surface area (Å²) in [5.74, 6) is 1.40. The maximum Gasteiger partial charge on any atom is 0.141 e. The molecule has 1 aromatic heterocycles. The number of halogens is 1. The highest BCUT2D eigenvalue weighted by Gasteiger charge is 2.24. The van der Waals surface area contributed by atoms with E-state index in [2.05, 4.69) is 23.9 Å². The molecule has 2 rings (SSSR count). The molecule has 0 aromatic carbocycles. The lowest BCUT2D eigenvalue weighted by atomic mass is 9.84. The summed E-state index contributed by atoms with van der Waals surface area (Å²) in [5.41, 5.74) is 6.49. The van der Waals surface area contributed by atoms with Gasteiger partial charge in [0, 0.05) is 25.2 Å². The third-order valence-corrected chi connectivity index (χ3v) is 4.40. The van der Waals surface area contributed by atoms with Gasteiger partial charge in [0.2, 0.25) is 0 Å². The number of hydrogen-bond acceptors (Lipinski definition) is 3. The van der Waals surface area contributed by atoms with Crippen molar-refractivity contribution >= 4 is 5.82 Å². The molecule has 0 radical (unpaired) electrons. The second kappa shape index (κ2) is 6.33. The first-order valence-electron chi connectivity index (χ1n) is 7.23. The molecule has 0 saturated heterocycles. The zero-order valence-electron chi connectivity index (χ0n) is 11.9. The van der Waals surface area contributed by atoms with Crippen molar-refractivity contribution in [3.8, 4) is 0 Å². The minimum atomic E-state index is -0.313. The second-order valence-electron chi connectivity index (χ2n) is 5.53. The normalized spacial score (nSPS) is 23.4. The standard InChI is InChI=1S/C15H24FN3/c1-3-11-4-6-14(7-5-11)19(2)15-12(9-17)8-13(16)10-18-15/h8,10-11,14H,3-7,9,17H2,1-2H3. The van der Waals surface area contributed by atoms with Crippen LogP contribution in [0.25, 0.3) is 0 Å². The molecular formula is C15H24FN3. The first kappa shape index (κ1) is 14.3. The van der Waals surface area contributed by atoms with Crippen LogP contribution in [-0.2, 0) is 6.54 Å². The first-order chi connectivity index (χ1) is 9.15. The van der Waals surface area contributed by atoms with Crippen molar-refractivity contribution in [2.24, 2.45) is 11.7 Å². The smallest absolute Gasteiger partial charge is 0.141 e. The Balaban J connectivity index is 2.09. The van der Waals surface area contributed by atoms with Gasteiger partial charge in [-0.05, 0) is 37.7 Å². The van der Waals surface area contributed by atoms with Gasteiger partial charge in [0.05, 0.1) is 6.20 Å². The molecule has 3 nitrogen and oxygen atoms in total. The fraction of sp³-hybridized carbons (Fsp3) is 0.667. The summed E-state index contributed by atoms with van der Waals surface area (Å²) in [6.07, 6.45) is 7.51. The SMILES string of the molecule is CCC1CCC(N(C)c2ncc(F)cc2CN)CC1. The Morgan fingerprint density at radius 3 is 2.63 bits per heavy atom. The lowest BCUT2D eigenvalue weighted by Crippen LogP contribution is -2.36. The molecule has 4 heteroatoms. The number of anilines is 1. The van der Waals surface area contributed by atoms with Crippen LogP contribution in [0.15, 0.2) is 12.3 Å². The van der Waals surface area contributed by atoms with Gasteiger partial charge in [0.1, 0.15) is 11.6 Å². The second-order valence-corrected chi connectivity index (χ2v) is 5.53. The molecule has 0 spiro atoms. The third kappa shape index (κ3) is 3.24. The highest BCUT2D eigenvalue weighted by atomic mass is 19.1. The van der Waals surface area contributed by atoms with E-state index in [-0.39, 0.29) is 5.82 Å². The van der Waals surface area contributed by atoms with E-state index in [1.54, 1.807) is 0 Å². The maximum absolute atomic E-state index is 13.2. The van der Waals surface area contributed by atoms with Crippen LogP contribution in [0.5, 0.6) is 0 Å². The molecule has 1 saturated carbocycles. The van der Waals surface area contributed by atoms with Gasteiger partial charge >= 0.3 is 0 Å². The Bertz CT molecular complexity index is 414. The van der Waals surface area contributed by atoms with Crippen molar-refractivity contribution in [2.45, 2.75) is 51.6 Å². The molecule has 0 aliphatic heterocycles. The van der Waals surface area contributed by atoms with Gasteiger partial charge in [-0.15, -0.1) is 0 Å². The highest BCUT2D eigenvalue weighted by molar-refractivity contribution is 5.47. The molecule has 0 bridgehead atoms. The van der Waals surface area contributed by atoms with Gasteiger partial charge < -0.3 is 10.6 Å². The average Bonchev–Trinajstić information content (AvgIpc) is 2.46. The molecule has 1 heterocycles. The lowest BCUT2D eigenvalue weighted by Gasteiger charge is -2.35. The number of aromatic nitrogens is 1. The fourth-order valence-electron chi connectivity index (χ4n) is 3.06. The van der Waals surface area contributed by atoms with E-state index in [4.69, 9.17) is 5.73 Å². The summed E-state index contributed by atoms with van der Waals surface area (Å²) in [7, 11) is 2.05. The quantitative estimate of drug-likeness (QED) is 0.909. The third-order valence-electron chi connectivity index (χ3n) is 4.40. The van der Waals surface area contributed by atoms with E-state index in [0.29, 0.717) is 12.6 Å². The van der Waals surface area contributed by atoms with Crippen molar-refractivity contribution in [1.82, 2.24) is 4.98 Å². The van der Waals surface area contributed by atoms with Crippen LogP contribution < -0.4 is 10.6 Å². The van der Waals surface area contributed by atoms with Gasteiger partial charge in [-0.1, -0.05) is 13.3 Å².